The van der Waals surface area contributed by atoms with Crippen LogP contribution in [0, 0.1) is 5.92 Å². The topological polar surface area (TPSA) is 55.8 Å². The first kappa shape index (κ1) is 11.5. The maximum absolute atomic E-state index is 11.0. The zero-order valence-electron chi connectivity index (χ0n) is 8.73. The van der Waals surface area contributed by atoms with E-state index in [4.69, 9.17) is 9.84 Å². The van der Waals surface area contributed by atoms with Crippen LogP contribution < -0.4 is 0 Å². The summed E-state index contributed by atoms with van der Waals surface area (Å²) in [6.45, 7) is 2.08. The average Bonchev–Trinajstić information content (AvgIpc) is 2.20. The van der Waals surface area contributed by atoms with E-state index in [9.17, 15) is 4.79 Å². The molecule has 0 bridgehead atoms. The number of aliphatic hydroxyl groups is 1. The Balaban J connectivity index is 2.38. The normalized spacial score (nSPS) is 32.6. The molecule has 0 saturated carbocycles. The highest BCUT2D eigenvalue weighted by atomic mass is 16.5. The van der Waals surface area contributed by atoms with Gasteiger partial charge in [-0.05, 0) is 18.8 Å². The monoisotopic (exact) mass is 202 g/mol. The van der Waals surface area contributed by atoms with E-state index in [1.165, 1.54) is 7.11 Å². The van der Waals surface area contributed by atoms with Crippen LogP contribution in [0.25, 0.3) is 0 Å². The summed E-state index contributed by atoms with van der Waals surface area (Å²) in [6, 6.07) is 0. The molecule has 1 heterocycles. The highest BCUT2D eigenvalue weighted by molar-refractivity contribution is 5.69. The standard InChI is InChI=1S/C10H18O4/c1-7-3-4-8(5-10(12)13-2)14-9(7)6-11/h7-9,11H,3-6H2,1-2H3. The van der Waals surface area contributed by atoms with Gasteiger partial charge in [-0.15, -0.1) is 0 Å². The number of rotatable bonds is 3. The van der Waals surface area contributed by atoms with Gasteiger partial charge in [0.05, 0.1) is 32.3 Å². The second-order valence-corrected chi connectivity index (χ2v) is 3.81. The predicted octanol–water partition coefficient (Wildman–Crippen LogP) is 0.726. The Morgan fingerprint density at radius 2 is 2.29 bits per heavy atom. The van der Waals surface area contributed by atoms with E-state index < -0.39 is 0 Å². The van der Waals surface area contributed by atoms with E-state index in [0.717, 1.165) is 12.8 Å². The van der Waals surface area contributed by atoms with Gasteiger partial charge in [0.2, 0.25) is 0 Å². The van der Waals surface area contributed by atoms with Crippen LogP contribution in [0.1, 0.15) is 26.2 Å². The summed E-state index contributed by atoms with van der Waals surface area (Å²) in [5.41, 5.74) is 0. The lowest BCUT2D eigenvalue weighted by Gasteiger charge is -2.33. The SMILES string of the molecule is COC(=O)CC1CCC(C)C(CO)O1. The Morgan fingerprint density at radius 1 is 1.57 bits per heavy atom. The first-order valence-corrected chi connectivity index (χ1v) is 5.00. The molecule has 1 rings (SSSR count). The molecular weight excluding hydrogens is 184 g/mol. The fraction of sp³-hybridized carbons (Fsp3) is 0.900. The van der Waals surface area contributed by atoms with Gasteiger partial charge in [-0.1, -0.05) is 6.92 Å². The van der Waals surface area contributed by atoms with Gasteiger partial charge in [-0.25, -0.2) is 0 Å². The summed E-state index contributed by atoms with van der Waals surface area (Å²) in [5.74, 6) is 0.120. The summed E-state index contributed by atoms with van der Waals surface area (Å²) < 4.78 is 10.1. The number of carbonyl (C=O) groups is 1. The lowest BCUT2D eigenvalue weighted by atomic mass is 9.93. The minimum atomic E-state index is -0.249. The van der Waals surface area contributed by atoms with Crippen LogP contribution in [-0.4, -0.2) is 37.0 Å². The highest BCUT2D eigenvalue weighted by Crippen LogP contribution is 2.26. The minimum Gasteiger partial charge on any atom is -0.469 e. The number of hydrogen-bond acceptors (Lipinski definition) is 4. The van der Waals surface area contributed by atoms with Crippen LogP contribution >= 0.6 is 0 Å². The fourth-order valence-corrected chi connectivity index (χ4v) is 1.73. The third-order valence-electron chi connectivity index (χ3n) is 2.75. The molecule has 0 aromatic rings. The fourth-order valence-electron chi connectivity index (χ4n) is 1.73. The van der Waals surface area contributed by atoms with Gasteiger partial charge < -0.3 is 14.6 Å². The van der Waals surface area contributed by atoms with Crippen molar-refractivity contribution in [1.29, 1.82) is 0 Å². The maximum atomic E-state index is 11.0. The molecular formula is C10H18O4. The zero-order valence-corrected chi connectivity index (χ0v) is 8.73. The van der Waals surface area contributed by atoms with Crippen molar-refractivity contribution in [2.45, 2.75) is 38.4 Å². The van der Waals surface area contributed by atoms with Gasteiger partial charge in [-0.2, -0.15) is 0 Å². The first-order chi connectivity index (χ1) is 6.67. The molecule has 1 saturated heterocycles. The third kappa shape index (κ3) is 2.96. The quantitative estimate of drug-likeness (QED) is 0.685. The first-order valence-electron chi connectivity index (χ1n) is 5.00. The van der Waals surface area contributed by atoms with Crippen LogP contribution in [-0.2, 0) is 14.3 Å². The summed E-state index contributed by atoms with van der Waals surface area (Å²) >= 11 is 0. The second-order valence-electron chi connectivity index (χ2n) is 3.81. The van der Waals surface area contributed by atoms with Crippen molar-refractivity contribution in [2.75, 3.05) is 13.7 Å². The summed E-state index contributed by atoms with van der Waals surface area (Å²) in [4.78, 5) is 11.0. The highest BCUT2D eigenvalue weighted by Gasteiger charge is 2.29. The smallest absolute Gasteiger partial charge is 0.308 e. The van der Waals surface area contributed by atoms with Crippen LogP contribution in [0.2, 0.25) is 0 Å². The zero-order chi connectivity index (χ0) is 10.6. The van der Waals surface area contributed by atoms with Crippen molar-refractivity contribution < 1.29 is 19.4 Å². The molecule has 0 radical (unpaired) electrons. The van der Waals surface area contributed by atoms with E-state index in [-0.39, 0.29) is 24.8 Å². The predicted molar refractivity (Wildman–Crippen MR) is 50.8 cm³/mol. The Labute approximate surface area is 84.2 Å². The van der Waals surface area contributed by atoms with Crippen LogP contribution in [0.4, 0.5) is 0 Å². The van der Waals surface area contributed by atoms with E-state index >= 15 is 0 Å². The van der Waals surface area contributed by atoms with Crippen LogP contribution in [0.5, 0.6) is 0 Å². The Bertz CT molecular complexity index is 193. The molecule has 1 aliphatic heterocycles. The van der Waals surface area contributed by atoms with Crippen molar-refractivity contribution in [2.24, 2.45) is 5.92 Å². The number of carbonyl (C=O) groups excluding carboxylic acids is 1. The summed E-state index contributed by atoms with van der Waals surface area (Å²) in [6.07, 6.45) is 1.94. The lowest BCUT2D eigenvalue weighted by molar-refractivity contribution is -0.150. The van der Waals surface area contributed by atoms with Gasteiger partial charge in [0.1, 0.15) is 0 Å². The van der Waals surface area contributed by atoms with E-state index in [0.29, 0.717) is 12.3 Å². The van der Waals surface area contributed by atoms with Gasteiger partial charge in [0.15, 0.2) is 0 Å². The van der Waals surface area contributed by atoms with Crippen LogP contribution in [0.15, 0.2) is 0 Å². The van der Waals surface area contributed by atoms with Crippen molar-refractivity contribution in [3.63, 3.8) is 0 Å². The number of aliphatic hydroxyl groups excluding tert-OH is 1. The summed E-state index contributed by atoms with van der Waals surface area (Å²) in [5, 5.41) is 9.03. The van der Waals surface area contributed by atoms with Crippen LogP contribution in [0.3, 0.4) is 0 Å². The molecule has 0 aliphatic carbocycles. The number of hydrogen-bond donors (Lipinski definition) is 1. The van der Waals surface area contributed by atoms with Crippen molar-refractivity contribution >= 4 is 5.97 Å². The molecule has 1 aliphatic rings. The van der Waals surface area contributed by atoms with Crippen molar-refractivity contribution in [3.8, 4) is 0 Å². The molecule has 82 valence electrons. The minimum absolute atomic E-state index is 0.0266. The molecule has 0 amide bonds. The Morgan fingerprint density at radius 3 is 2.86 bits per heavy atom. The molecule has 14 heavy (non-hydrogen) atoms. The molecule has 3 atom stereocenters. The molecule has 1 N–H and O–H groups in total. The second kappa shape index (κ2) is 5.32. The van der Waals surface area contributed by atoms with E-state index in [2.05, 4.69) is 11.7 Å². The summed E-state index contributed by atoms with van der Waals surface area (Å²) in [7, 11) is 1.37. The maximum Gasteiger partial charge on any atom is 0.308 e. The molecule has 1 fully saturated rings. The largest absolute Gasteiger partial charge is 0.469 e. The van der Waals surface area contributed by atoms with Crippen molar-refractivity contribution in [3.05, 3.63) is 0 Å². The molecule has 3 unspecified atom stereocenters. The number of methoxy groups -OCH3 is 1. The molecule has 0 aromatic heterocycles. The van der Waals surface area contributed by atoms with Gasteiger partial charge >= 0.3 is 5.97 Å². The van der Waals surface area contributed by atoms with Gasteiger partial charge in [-0.3, -0.25) is 4.79 Å². The number of ether oxygens (including phenoxy) is 2. The molecule has 0 spiro atoms. The number of esters is 1. The van der Waals surface area contributed by atoms with Gasteiger partial charge in [0, 0.05) is 0 Å². The van der Waals surface area contributed by atoms with E-state index in [1.807, 2.05) is 0 Å². The third-order valence-corrected chi connectivity index (χ3v) is 2.75. The Hall–Kier alpha value is -0.610. The molecule has 4 heteroatoms. The molecule has 0 aromatic carbocycles. The van der Waals surface area contributed by atoms with Gasteiger partial charge in [0.25, 0.3) is 0 Å². The average molecular weight is 202 g/mol. The van der Waals surface area contributed by atoms with Crippen molar-refractivity contribution in [1.82, 2.24) is 0 Å². The van der Waals surface area contributed by atoms with E-state index in [1.54, 1.807) is 0 Å². The molecule has 4 nitrogen and oxygen atoms in total. The Kier molecular flexibility index (Phi) is 4.35. The lowest BCUT2D eigenvalue weighted by Crippen LogP contribution is -2.37.